The van der Waals surface area contributed by atoms with E-state index in [1.54, 1.807) is 26.4 Å². The summed E-state index contributed by atoms with van der Waals surface area (Å²) in [6.07, 6.45) is 11.1. The Kier molecular flexibility index (Phi) is 6.84. The highest BCUT2D eigenvalue weighted by atomic mass is 16.5. The van der Waals surface area contributed by atoms with Crippen molar-refractivity contribution < 1.29 is 14.3 Å². The molecule has 1 aliphatic carbocycles. The molecule has 28 heavy (non-hydrogen) atoms. The number of benzene rings is 1. The third-order valence-corrected chi connectivity index (χ3v) is 4.67. The Morgan fingerprint density at radius 2 is 1.89 bits per heavy atom. The van der Waals surface area contributed by atoms with Gasteiger partial charge in [-0.2, -0.15) is 0 Å². The number of amides is 1. The zero-order valence-corrected chi connectivity index (χ0v) is 16.3. The fraction of sp³-hybridized carbons (Fsp3) is 0.381. The average Bonchev–Trinajstić information content (AvgIpc) is 2.75. The summed E-state index contributed by atoms with van der Waals surface area (Å²) in [7, 11) is 3.17. The highest BCUT2D eigenvalue weighted by Gasteiger charge is 2.10. The third kappa shape index (κ3) is 5.22. The third-order valence-electron chi connectivity index (χ3n) is 4.67. The van der Waals surface area contributed by atoms with Gasteiger partial charge in [-0.1, -0.05) is 11.6 Å². The number of allylic oxidation sites excluding steroid dienone is 1. The van der Waals surface area contributed by atoms with E-state index in [0.717, 1.165) is 24.9 Å². The Morgan fingerprint density at radius 1 is 1.11 bits per heavy atom. The highest BCUT2D eigenvalue weighted by molar-refractivity contribution is 5.93. The molecule has 0 spiro atoms. The van der Waals surface area contributed by atoms with Gasteiger partial charge in [-0.3, -0.25) is 4.79 Å². The van der Waals surface area contributed by atoms with Crippen LogP contribution in [0.3, 0.4) is 0 Å². The van der Waals surface area contributed by atoms with Crippen LogP contribution >= 0.6 is 0 Å². The van der Waals surface area contributed by atoms with Crippen molar-refractivity contribution in [2.75, 3.05) is 26.1 Å². The summed E-state index contributed by atoms with van der Waals surface area (Å²) >= 11 is 0. The fourth-order valence-electron chi connectivity index (χ4n) is 3.12. The Bertz CT molecular complexity index is 834. The van der Waals surface area contributed by atoms with Gasteiger partial charge in [0.05, 0.1) is 19.8 Å². The van der Waals surface area contributed by atoms with E-state index in [0.29, 0.717) is 29.6 Å². The number of nitrogens with zero attached hydrogens (tertiary/aromatic N) is 2. The number of anilines is 2. The number of carbonyl (C=O) groups is 1. The van der Waals surface area contributed by atoms with E-state index in [-0.39, 0.29) is 5.91 Å². The van der Waals surface area contributed by atoms with Crippen LogP contribution in [0.15, 0.2) is 42.2 Å². The van der Waals surface area contributed by atoms with E-state index < -0.39 is 0 Å². The molecule has 148 valence electrons. The number of hydrogen-bond acceptors (Lipinski definition) is 6. The molecule has 1 aromatic carbocycles. The van der Waals surface area contributed by atoms with Gasteiger partial charge >= 0.3 is 0 Å². The van der Waals surface area contributed by atoms with E-state index in [2.05, 4.69) is 26.7 Å². The number of hydrogen-bond donors (Lipinski definition) is 2. The van der Waals surface area contributed by atoms with Crippen molar-refractivity contribution in [1.82, 2.24) is 15.3 Å². The fourth-order valence-corrected chi connectivity index (χ4v) is 3.12. The monoisotopic (exact) mass is 382 g/mol. The zero-order chi connectivity index (χ0) is 19.8. The molecular weight excluding hydrogens is 356 g/mol. The van der Waals surface area contributed by atoms with Gasteiger partial charge in [-0.05, 0) is 44.2 Å². The molecule has 1 amide bonds. The summed E-state index contributed by atoms with van der Waals surface area (Å²) < 4.78 is 10.5. The van der Waals surface area contributed by atoms with Crippen LogP contribution in [-0.2, 0) is 0 Å². The normalized spacial score (nSPS) is 13.4. The summed E-state index contributed by atoms with van der Waals surface area (Å²) in [5, 5.41) is 6.02. The standard InChI is InChI=1S/C21H26N4O3/c1-27-18-9-8-17(12-19(18)28-2)25-21-23-13-16(14-24-21)20(26)22-11-10-15-6-4-3-5-7-15/h6,8-9,12-14H,3-5,7,10-11H2,1-2H3,(H,22,26)(H,23,24,25). The van der Waals surface area contributed by atoms with Crippen LogP contribution in [0, 0.1) is 0 Å². The van der Waals surface area contributed by atoms with Crippen molar-refractivity contribution >= 4 is 17.5 Å². The summed E-state index contributed by atoms with van der Waals surface area (Å²) in [4.78, 5) is 20.7. The van der Waals surface area contributed by atoms with Gasteiger partial charge in [0.2, 0.25) is 5.95 Å². The number of rotatable bonds is 8. The first kappa shape index (κ1) is 19.7. The van der Waals surface area contributed by atoms with Crippen LogP contribution in [0.25, 0.3) is 0 Å². The minimum atomic E-state index is -0.158. The van der Waals surface area contributed by atoms with Crippen molar-refractivity contribution in [3.63, 3.8) is 0 Å². The SMILES string of the molecule is COc1ccc(Nc2ncc(C(=O)NCCC3=CCCCC3)cn2)cc1OC. The van der Waals surface area contributed by atoms with Crippen molar-refractivity contribution in [3.05, 3.63) is 47.8 Å². The van der Waals surface area contributed by atoms with E-state index in [1.807, 2.05) is 6.07 Å². The van der Waals surface area contributed by atoms with E-state index in [1.165, 1.54) is 30.8 Å². The number of nitrogens with one attached hydrogen (secondary N) is 2. The first-order chi connectivity index (χ1) is 13.7. The quantitative estimate of drug-likeness (QED) is 0.675. The minimum Gasteiger partial charge on any atom is -0.493 e. The van der Waals surface area contributed by atoms with E-state index >= 15 is 0 Å². The first-order valence-electron chi connectivity index (χ1n) is 9.47. The molecule has 1 aliphatic rings. The Morgan fingerprint density at radius 3 is 2.57 bits per heavy atom. The second-order valence-electron chi connectivity index (χ2n) is 6.60. The van der Waals surface area contributed by atoms with Gasteiger partial charge in [0.15, 0.2) is 11.5 Å². The van der Waals surface area contributed by atoms with Gasteiger partial charge in [0.25, 0.3) is 5.91 Å². The van der Waals surface area contributed by atoms with E-state index in [9.17, 15) is 4.79 Å². The number of methoxy groups -OCH3 is 2. The largest absolute Gasteiger partial charge is 0.493 e. The molecule has 0 saturated heterocycles. The van der Waals surface area contributed by atoms with Gasteiger partial charge in [0.1, 0.15) is 0 Å². The van der Waals surface area contributed by atoms with Crippen LogP contribution in [-0.4, -0.2) is 36.6 Å². The molecule has 3 rings (SSSR count). The van der Waals surface area contributed by atoms with Gasteiger partial charge in [-0.15, -0.1) is 0 Å². The van der Waals surface area contributed by atoms with Crippen molar-refractivity contribution in [2.45, 2.75) is 32.1 Å². The molecule has 2 aromatic rings. The van der Waals surface area contributed by atoms with E-state index in [4.69, 9.17) is 9.47 Å². The molecule has 0 unspecified atom stereocenters. The summed E-state index contributed by atoms with van der Waals surface area (Å²) in [6.45, 7) is 0.635. The molecule has 0 bridgehead atoms. The lowest BCUT2D eigenvalue weighted by molar-refractivity contribution is 0.0953. The predicted octanol–water partition coefficient (Wildman–Crippen LogP) is 3.86. The van der Waals surface area contributed by atoms with Crippen LogP contribution < -0.4 is 20.1 Å². The molecule has 0 aliphatic heterocycles. The van der Waals surface area contributed by atoms with Crippen molar-refractivity contribution in [3.8, 4) is 11.5 Å². The average molecular weight is 382 g/mol. The maximum Gasteiger partial charge on any atom is 0.254 e. The number of ether oxygens (including phenoxy) is 2. The zero-order valence-electron chi connectivity index (χ0n) is 16.3. The van der Waals surface area contributed by atoms with Gasteiger partial charge in [-0.25, -0.2) is 9.97 Å². The molecular formula is C21H26N4O3. The van der Waals surface area contributed by atoms with Crippen LogP contribution in [0.5, 0.6) is 11.5 Å². The Hall–Kier alpha value is -3.09. The molecule has 1 heterocycles. The maximum absolute atomic E-state index is 12.2. The highest BCUT2D eigenvalue weighted by Crippen LogP contribution is 2.30. The second kappa shape index (κ2) is 9.73. The molecule has 0 saturated carbocycles. The lowest BCUT2D eigenvalue weighted by Crippen LogP contribution is -2.25. The summed E-state index contributed by atoms with van der Waals surface area (Å²) in [6, 6.07) is 5.43. The predicted molar refractivity (Wildman–Crippen MR) is 108 cm³/mol. The van der Waals surface area contributed by atoms with Crippen LogP contribution in [0.4, 0.5) is 11.6 Å². The van der Waals surface area contributed by atoms with Crippen LogP contribution in [0.2, 0.25) is 0 Å². The molecule has 2 N–H and O–H groups in total. The van der Waals surface area contributed by atoms with Crippen molar-refractivity contribution in [1.29, 1.82) is 0 Å². The molecule has 0 radical (unpaired) electrons. The van der Waals surface area contributed by atoms with Gasteiger partial charge in [0, 0.05) is 30.7 Å². The molecule has 7 heteroatoms. The molecule has 0 atom stereocenters. The second-order valence-corrected chi connectivity index (χ2v) is 6.60. The first-order valence-corrected chi connectivity index (χ1v) is 9.47. The van der Waals surface area contributed by atoms with Crippen molar-refractivity contribution in [2.24, 2.45) is 0 Å². The Labute approximate surface area is 165 Å². The number of aromatic nitrogens is 2. The Balaban J connectivity index is 1.54. The molecule has 0 fully saturated rings. The van der Waals surface area contributed by atoms with Crippen LogP contribution in [0.1, 0.15) is 42.5 Å². The maximum atomic E-state index is 12.2. The number of carbonyl (C=O) groups excluding carboxylic acids is 1. The molecule has 1 aromatic heterocycles. The summed E-state index contributed by atoms with van der Waals surface area (Å²) in [5.74, 6) is 1.49. The summed E-state index contributed by atoms with van der Waals surface area (Å²) in [5.41, 5.74) is 2.64. The minimum absolute atomic E-state index is 0.158. The molecule has 7 nitrogen and oxygen atoms in total. The van der Waals surface area contributed by atoms with Gasteiger partial charge < -0.3 is 20.1 Å². The lowest BCUT2D eigenvalue weighted by Gasteiger charge is -2.13. The lowest BCUT2D eigenvalue weighted by atomic mass is 9.97. The topological polar surface area (TPSA) is 85.4 Å². The smallest absolute Gasteiger partial charge is 0.254 e.